The Labute approximate surface area is 507 Å². The van der Waals surface area contributed by atoms with E-state index in [4.69, 9.17) is 4.74 Å². The maximum Gasteiger partial charge on any atom is 0.305 e. The summed E-state index contributed by atoms with van der Waals surface area (Å²) >= 11 is 0. The number of carbonyl (C=O) groups excluding carboxylic acids is 2. The van der Waals surface area contributed by atoms with Crippen LogP contribution in [-0.2, 0) is 14.3 Å². The number of carbonyl (C=O) groups is 2. The van der Waals surface area contributed by atoms with Gasteiger partial charge in [0.2, 0.25) is 5.91 Å². The van der Waals surface area contributed by atoms with Gasteiger partial charge in [0, 0.05) is 12.8 Å². The van der Waals surface area contributed by atoms with Crippen molar-refractivity contribution < 1.29 is 24.5 Å². The van der Waals surface area contributed by atoms with Crippen LogP contribution in [0, 0.1) is 0 Å². The van der Waals surface area contributed by atoms with Crippen molar-refractivity contribution >= 4 is 11.9 Å². The van der Waals surface area contributed by atoms with Gasteiger partial charge in [-0.2, -0.15) is 0 Å². The fraction of sp³-hybridized carbons (Fsp3) is 0.920. The smallest absolute Gasteiger partial charge is 0.305 e. The van der Waals surface area contributed by atoms with Crippen molar-refractivity contribution in [1.82, 2.24) is 5.32 Å². The summed E-state index contributed by atoms with van der Waals surface area (Å²) in [6.45, 7) is 4.97. The lowest BCUT2D eigenvalue weighted by Crippen LogP contribution is -2.45. The number of ether oxygens (including phenoxy) is 1. The number of allylic oxidation sites excluding steroid dienone is 4. The highest BCUT2D eigenvalue weighted by molar-refractivity contribution is 5.76. The summed E-state index contributed by atoms with van der Waals surface area (Å²) in [5.41, 5.74) is 0. The molecule has 0 aromatic rings. The summed E-state index contributed by atoms with van der Waals surface area (Å²) in [5.74, 6) is -0.0234. The number of nitrogens with one attached hydrogen (secondary N) is 1. The first kappa shape index (κ1) is 79.3. The van der Waals surface area contributed by atoms with Gasteiger partial charge in [0.05, 0.1) is 25.4 Å². The number of aliphatic hydroxyl groups excluding tert-OH is 2. The average molecular weight is 1140 g/mol. The molecule has 1 amide bonds. The van der Waals surface area contributed by atoms with E-state index >= 15 is 0 Å². The molecule has 0 fully saturated rings. The summed E-state index contributed by atoms with van der Waals surface area (Å²) < 4.78 is 5.51. The van der Waals surface area contributed by atoms with Crippen molar-refractivity contribution in [2.45, 2.75) is 431 Å². The fourth-order valence-corrected chi connectivity index (χ4v) is 11.9. The Morgan fingerprint density at radius 3 is 0.963 bits per heavy atom. The van der Waals surface area contributed by atoms with Crippen LogP contribution in [0.4, 0.5) is 0 Å². The summed E-state index contributed by atoms with van der Waals surface area (Å²) in [4.78, 5) is 24.7. The zero-order valence-electron chi connectivity index (χ0n) is 55.0. The topological polar surface area (TPSA) is 95.9 Å². The van der Waals surface area contributed by atoms with Gasteiger partial charge >= 0.3 is 5.97 Å². The van der Waals surface area contributed by atoms with Crippen molar-refractivity contribution in [2.75, 3.05) is 13.2 Å². The zero-order chi connectivity index (χ0) is 58.5. The van der Waals surface area contributed by atoms with Gasteiger partial charge < -0.3 is 20.3 Å². The van der Waals surface area contributed by atoms with Crippen molar-refractivity contribution in [3.63, 3.8) is 0 Å². The van der Waals surface area contributed by atoms with Crippen molar-refractivity contribution in [2.24, 2.45) is 0 Å². The molecule has 81 heavy (non-hydrogen) atoms. The van der Waals surface area contributed by atoms with E-state index < -0.39 is 12.1 Å². The van der Waals surface area contributed by atoms with Crippen molar-refractivity contribution in [3.05, 3.63) is 24.3 Å². The molecule has 6 nitrogen and oxygen atoms in total. The lowest BCUT2D eigenvalue weighted by atomic mass is 10.0. The second-order valence-corrected chi connectivity index (χ2v) is 25.6. The van der Waals surface area contributed by atoms with Crippen LogP contribution in [0.3, 0.4) is 0 Å². The largest absolute Gasteiger partial charge is 0.466 e. The van der Waals surface area contributed by atoms with Gasteiger partial charge in [-0.05, 0) is 57.8 Å². The third-order valence-electron chi connectivity index (χ3n) is 17.5. The lowest BCUT2D eigenvalue weighted by Gasteiger charge is -2.22. The molecule has 6 heteroatoms. The van der Waals surface area contributed by atoms with E-state index in [0.717, 1.165) is 51.4 Å². The van der Waals surface area contributed by atoms with Crippen LogP contribution >= 0.6 is 0 Å². The molecule has 2 unspecified atom stereocenters. The first-order valence-corrected chi connectivity index (χ1v) is 37.1. The second kappa shape index (κ2) is 70.8. The number of hydrogen-bond acceptors (Lipinski definition) is 5. The monoisotopic (exact) mass is 1140 g/mol. The van der Waals surface area contributed by atoms with Crippen LogP contribution in [0.5, 0.6) is 0 Å². The summed E-state index contributed by atoms with van der Waals surface area (Å²) in [5, 5.41) is 23.5. The average Bonchev–Trinajstić information content (AvgIpc) is 3.47. The Bertz CT molecular complexity index is 1270. The van der Waals surface area contributed by atoms with E-state index in [2.05, 4.69) is 43.5 Å². The molecule has 0 saturated carbocycles. The normalized spacial score (nSPS) is 12.6. The molecule has 0 saturated heterocycles. The SMILES string of the molecule is CCCCC/C=C\C/C=C\CCCCCCCCCCCC(=O)OCCCCCCCCCCCCCCCCCCCCCCC(=O)NC(CO)C(O)CCCCCCCCCCCCCCCCCCCCCCCCCCC. The van der Waals surface area contributed by atoms with Gasteiger partial charge in [-0.15, -0.1) is 0 Å². The molecule has 0 aliphatic rings. The predicted molar refractivity (Wildman–Crippen MR) is 356 cm³/mol. The fourth-order valence-electron chi connectivity index (χ4n) is 11.9. The second-order valence-electron chi connectivity index (χ2n) is 25.6. The van der Waals surface area contributed by atoms with Crippen LogP contribution in [0.25, 0.3) is 0 Å². The van der Waals surface area contributed by atoms with E-state index in [1.807, 2.05) is 0 Å². The van der Waals surface area contributed by atoms with Crippen LogP contribution < -0.4 is 5.32 Å². The predicted octanol–water partition coefficient (Wildman–Crippen LogP) is 24.1. The third kappa shape index (κ3) is 67.3. The van der Waals surface area contributed by atoms with Crippen LogP contribution in [0.15, 0.2) is 24.3 Å². The van der Waals surface area contributed by atoms with Gasteiger partial charge in [-0.3, -0.25) is 9.59 Å². The van der Waals surface area contributed by atoms with E-state index in [1.54, 1.807) is 0 Å². The Morgan fingerprint density at radius 2 is 0.617 bits per heavy atom. The zero-order valence-corrected chi connectivity index (χ0v) is 55.0. The van der Waals surface area contributed by atoms with E-state index in [-0.39, 0.29) is 18.5 Å². The molecular formula is C75H145NO5. The van der Waals surface area contributed by atoms with Crippen molar-refractivity contribution in [3.8, 4) is 0 Å². The summed E-state index contributed by atoms with van der Waals surface area (Å²) in [7, 11) is 0. The quantitative estimate of drug-likeness (QED) is 0.0320. The first-order valence-electron chi connectivity index (χ1n) is 37.1. The maximum atomic E-state index is 12.6. The number of esters is 1. The number of amides is 1. The molecule has 0 aromatic heterocycles. The minimum atomic E-state index is -0.667. The van der Waals surface area contributed by atoms with Crippen LogP contribution in [-0.4, -0.2) is 47.4 Å². The van der Waals surface area contributed by atoms with Gasteiger partial charge in [0.1, 0.15) is 0 Å². The van der Waals surface area contributed by atoms with E-state index in [0.29, 0.717) is 25.9 Å². The highest BCUT2D eigenvalue weighted by atomic mass is 16.5. The Kier molecular flexibility index (Phi) is 69.4. The standard InChI is InChI=1S/C75H145NO5/c1-3-5-7-9-11-13-15-17-19-21-23-24-25-26-27-28-32-35-39-43-47-51-55-59-63-67-73(78)72(71-77)76-74(79)68-64-60-56-52-48-44-40-36-33-29-30-34-38-42-46-50-54-58-62-66-70-81-75(80)69-65-61-57-53-49-45-41-37-31-22-20-18-16-14-12-10-8-6-4-2/h12,14,18,20,72-73,77-78H,3-11,13,15-17,19,21-71H2,1-2H3,(H,76,79)/b14-12-,20-18-. The molecular weight excluding hydrogens is 995 g/mol. The highest BCUT2D eigenvalue weighted by Crippen LogP contribution is 2.20. The van der Waals surface area contributed by atoms with Gasteiger partial charge in [0.25, 0.3) is 0 Å². The number of hydrogen-bond donors (Lipinski definition) is 3. The molecule has 2 atom stereocenters. The molecule has 0 spiro atoms. The minimum absolute atomic E-state index is 0.00822. The Hall–Kier alpha value is -1.66. The molecule has 3 N–H and O–H groups in total. The van der Waals surface area contributed by atoms with E-state index in [9.17, 15) is 19.8 Å². The molecule has 0 radical (unpaired) electrons. The van der Waals surface area contributed by atoms with E-state index in [1.165, 1.54) is 334 Å². The maximum absolute atomic E-state index is 12.6. The van der Waals surface area contributed by atoms with Crippen LogP contribution in [0.1, 0.15) is 418 Å². The highest BCUT2D eigenvalue weighted by Gasteiger charge is 2.20. The van der Waals surface area contributed by atoms with Crippen molar-refractivity contribution in [1.29, 1.82) is 0 Å². The van der Waals surface area contributed by atoms with Gasteiger partial charge in [-0.1, -0.05) is 372 Å². The molecule has 0 rings (SSSR count). The Morgan fingerprint density at radius 1 is 0.346 bits per heavy atom. The Balaban J connectivity index is 3.38. The molecule has 0 aliphatic carbocycles. The van der Waals surface area contributed by atoms with Gasteiger partial charge in [0.15, 0.2) is 0 Å². The van der Waals surface area contributed by atoms with Crippen LogP contribution in [0.2, 0.25) is 0 Å². The van der Waals surface area contributed by atoms with Gasteiger partial charge in [-0.25, -0.2) is 0 Å². The summed E-state index contributed by atoms with van der Waals surface area (Å²) in [6, 6.07) is -0.545. The molecule has 480 valence electrons. The molecule has 0 bridgehead atoms. The summed E-state index contributed by atoms with van der Waals surface area (Å²) in [6.07, 6.45) is 89.4. The molecule has 0 aromatic carbocycles. The number of aliphatic hydroxyl groups is 2. The number of rotatable bonds is 70. The number of unbranched alkanes of at least 4 members (excludes halogenated alkanes) is 55. The minimum Gasteiger partial charge on any atom is -0.466 e. The first-order chi connectivity index (χ1) is 40.0. The third-order valence-corrected chi connectivity index (χ3v) is 17.5. The molecule has 0 heterocycles. The molecule has 0 aliphatic heterocycles. The lowest BCUT2D eigenvalue weighted by molar-refractivity contribution is -0.143.